The van der Waals surface area contributed by atoms with Crippen molar-refractivity contribution in [3.8, 4) is 0 Å². The second-order valence-corrected chi connectivity index (χ2v) is 12.9. The number of hydrogen-bond donors (Lipinski definition) is 1. The van der Waals surface area contributed by atoms with E-state index in [9.17, 15) is 9.90 Å². The van der Waals surface area contributed by atoms with Crippen LogP contribution in [0.1, 0.15) is 67.2 Å². The third-order valence-electron chi connectivity index (χ3n) is 9.50. The van der Waals surface area contributed by atoms with E-state index in [0.29, 0.717) is 33.7 Å². The van der Waals surface area contributed by atoms with Crippen molar-refractivity contribution in [1.29, 1.82) is 0 Å². The number of benzene rings is 1. The molecule has 3 aromatic rings. The van der Waals surface area contributed by atoms with Crippen LogP contribution in [-0.2, 0) is 4.79 Å². The average Bonchev–Trinajstić information content (AvgIpc) is 3.48. The summed E-state index contributed by atoms with van der Waals surface area (Å²) in [5.74, 6) is 1.11. The summed E-state index contributed by atoms with van der Waals surface area (Å²) in [7, 11) is 0. The lowest BCUT2D eigenvalue weighted by molar-refractivity contribution is -0.144. The highest BCUT2D eigenvalue weighted by Crippen LogP contribution is 2.39. The molecular weight excluding hydrogens is 531 g/mol. The number of carboxylic acids is 1. The quantitative estimate of drug-likeness (QED) is 0.336. The predicted octanol–water partition coefficient (Wildman–Crippen LogP) is 6.49. The summed E-state index contributed by atoms with van der Waals surface area (Å²) in [6.07, 6.45) is 10.4. The molecule has 0 amide bonds. The Hall–Kier alpha value is -2.12. The summed E-state index contributed by atoms with van der Waals surface area (Å²) in [4.78, 5) is 21.8. The number of pyridine rings is 1. The molecule has 0 spiro atoms. The van der Waals surface area contributed by atoms with Gasteiger partial charge in [0.2, 0.25) is 0 Å². The van der Waals surface area contributed by atoms with Crippen LogP contribution in [0, 0.1) is 18.8 Å². The SMILES string of the molecule is Cc1cccc([C@H]2CN([C@H](CC3CCC3)C(=O)O)C[C@@H]2CN2CCC(c3cnc4c(Cl)cc(Cl)cn34)CC2)c1. The molecule has 2 aliphatic heterocycles. The van der Waals surface area contributed by atoms with E-state index < -0.39 is 5.97 Å². The molecule has 4 heterocycles. The summed E-state index contributed by atoms with van der Waals surface area (Å²) in [6.45, 7) is 6.88. The van der Waals surface area contributed by atoms with E-state index in [1.54, 1.807) is 6.07 Å². The smallest absolute Gasteiger partial charge is 0.320 e. The molecule has 1 aliphatic carbocycles. The monoisotopic (exact) mass is 568 g/mol. The Morgan fingerprint density at radius 1 is 1.13 bits per heavy atom. The number of carbonyl (C=O) groups is 1. The van der Waals surface area contributed by atoms with Gasteiger partial charge in [-0.1, -0.05) is 72.3 Å². The minimum absolute atomic E-state index is 0.355. The molecule has 39 heavy (non-hydrogen) atoms. The lowest BCUT2D eigenvalue weighted by Crippen LogP contribution is -2.43. The van der Waals surface area contributed by atoms with Gasteiger partial charge in [0, 0.05) is 49.6 Å². The van der Waals surface area contributed by atoms with E-state index in [4.69, 9.17) is 23.2 Å². The van der Waals surface area contributed by atoms with Crippen molar-refractivity contribution in [1.82, 2.24) is 19.2 Å². The molecule has 1 saturated carbocycles. The van der Waals surface area contributed by atoms with E-state index in [1.807, 2.05) is 12.4 Å². The normalized spacial score (nSPS) is 24.3. The molecule has 3 aliphatic rings. The highest BCUT2D eigenvalue weighted by molar-refractivity contribution is 6.36. The first kappa shape index (κ1) is 27.1. The fourth-order valence-electron chi connectivity index (χ4n) is 7.15. The van der Waals surface area contributed by atoms with Crippen LogP contribution in [0.15, 0.2) is 42.7 Å². The molecule has 3 atom stereocenters. The minimum Gasteiger partial charge on any atom is -0.480 e. The molecule has 0 radical (unpaired) electrons. The van der Waals surface area contributed by atoms with Crippen molar-refractivity contribution in [2.45, 2.75) is 63.3 Å². The zero-order valence-corrected chi connectivity index (χ0v) is 24.1. The molecule has 3 fully saturated rings. The van der Waals surface area contributed by atoms with E-state index in [0.717, 1.165) is 57.6 Å². The van der Waals surface area contributed by atoms with Gasteiger partial charge in [0.15, 0.2) is 5.65 Å². The van der Waals surface area contributed by atoms with Crippen molar-refractivity contribution in [3.05, 3.63) is 69.6 Å². The van der Waals surface area contributed by atoms with Crippen molar-refractivity contribution in [2.24, 2.45) is 11.8 Å². The van der Waals surface area contributed by atoms with Crippen molar-refractivity contribution in [3.63, 3.8) is 0 Å². The van der Waals surface area contributed by atoms with Gasteiger partial charge in [-0.25, -0.2) is 4.98 Å². The van der Waals surface area contributed by atoms with E-state index in [2.05, 4.69) is 50.4 Å². The molecule has 1 N–H and O–H groups in total. The van der Waals surface area contributed by atoms with Crippen molar-refractivity contribution >= 4 is 34.8 Å². The number of nitrogens with zero attached hydrogens (tertiary/aromatic N) is 4. The third-order valence-corrected chi connectivity index (χ3v) is 9.99. The maximum atomic E-state index is 12.4. The Bertz CT molecular complexity index is 1330. The molecule has 6 nitrogen and oxygen atoms in total. The lowest BCUT2D eigenvalue weighted by Gasteiger charge is -2.35. The van der Waals surface area contributed by atoms with Gasteiger partial charge < -0.3 is 14.4 Å². The summed E-state index contributed by atoms with van der Waals surface area (Å²) in [5.41, 5.74) is 4.56. The fourth-order valence-corrected chi connectivity index (χ4v) is 7.67. The second-order valence-electron chi connectivity index (χ2n) is 12.1. The summed E-state index contributed by atoms with van der Waals surface area (Å²) in [6, 6.07) is 10.2. The highest BCUT2D eigenvalue weighted by atomic mass is 35.5. The lowest BCUT2D eigenvalue weighted by atomic mass is 9.80. The Kier molecular flexibility index (Phi) is 7.91. The van der Waals surface area contributed by atoms with E-state index >= 15 is 0 Å². The number of halogens is 2. The van der Waals surface area contributed by atoms with E-state index in [-0.39, 0.29) is 6.04 Å². The topological polar surface area (TPSA) is 61.1 Å². The molecule has 6 rings (SSSR count). The number of aryl methyl sites for hydroxylation is 1. The van der Waals surface area contributed by atoms with Crippen molar-refractivity contribution in [2.75, 3.05) is 32.7 Å². The molecule has 0 bridgehead atoms. The largest absolute Gasteiger partial charge is 0.480 e. The summed E-state index contributed by atoms with van der Waals surface area (Å²) < 4.78 is 2.06. The van der Waals surface area contributed by atoms with Crippen LogP contribution >= 0.6 is 23.2 Å². The first-order valence-electron chi connectivity index (χ1n) is 14.4. The molecule has 0 unspecified atom stereocenters. The van der Waals surface area contributed by atoms with Gasteiger partial charge in [-0.15, -0.1) is 0 Å². The maximum Gasteiger partial charge on any atom is 0.320 e. The first-order chi connectivity index (χ1) is 18.9. The average molecular weight is 570 g/mol. The van der Waals surface area contributed by atoms with Crippen LogP contribution in [0.25, 0.3) is 5.65 Å². The number of imidazole rings is 1. The first-order valence-corrected chi connectivity index (χ1v) is 15.2. The zero-order valence-electron chi connectivity index (χ0n) is 22.6. The fraction of sp³-hybridized carbons (Fsp3) is 0.548. The van der Waals surface area contributed by atoms with Gasteiger partial charge in [-0.3, -0.25) is 9.69 Å². The Morgan fingerprint density at radius 2 is 1.92 bits per heavy atom. The third kappa shape index (κ3) is 5.72. The standard InChI is InChI=1S/C31H38Cl2N4O2/c1-20-4-2-7-23(12-20)26-19-36(28(31(38)39)13-21-5-3-6-21)17-24(26)16-35-10-8-22(9-11-35)29-15-34-30-27(33)14-25(32)18-37(29)30/h2,4,7,12,14-15,18,21-22,24,26,28H,3,5-6,8-11,13,16-17,19H2,1H3,(H,38,39)/t24-,26+,28+/m0/s1. The molecule has 2 saturated heterocycles. The number of aliphatic carboxylic acids is 1. The van der Waals surface area contributed by atoms with Crippen molar-refractivity contribution < 1.29 is 9.90 Å². The maximum absolute atomic E-state index is 12.4. The van der Waals surface area contributed by atoms with Crippen LogP contribution in [-0.4, -0.2) is 69.0 Å². The number of hydrogen-bond acceptors (Lipinski definition) is 4. The highest BCUT2D eigenvalue weighted by Gasteiger charge is 2.41. The number of rotatable bonds is 8. The minimum atomic E-state index is -0.653. The molecule has 8 heteroatoms. The van der Waals surface area contributed by atoms with E-state index in [1.165, 1.54) is 36.1 Å². The molecular formula is C31H38Cl2N4O2. The number of aromatic nitrogens is 2. The number of piperidine rings is 1. The predicted molar refractivity (Wildman–Crippen MR) is 156 cm³/mol. The van der Waals surface area contributed by atoms with Gasteiger partial charge >= 0.3 is 5.97 Å². The van der Waals surface area contributed by atoms with Crippen LogP contribution in [0.4, 0.5) is 0 Å². The second kappa shape index (κ2) is 11.4. The van der Waals surface area contributed by atoms with Gasteiger partial charge in [0.25, 0.3) is 0 Å². The number of fused-ring (bicyclic) bond motifs is 1. The Balaban J connectivity index is 1.16. The number of likely N-dealkylation sites (tertiary alicyclic amines) is 2. The summed E-state index contributed by atoms with van der Waals surface area (Å²) >= 11 is 12.7. The van der Waals surface area contributed by atoms with Gasteiger partial charge in [-0.05, 0) is 62.7 Å². The Morgan fingerprint density at radius 3 is 2.62 bits per heavy atom. The summed E-state index contributed by atoms with van der Waals surface area (Å²) in [5, 5.41) is 11.4. The number of carboxylic acid groups (broad SMARTS) is 1. The van der Waals surface area contributed by atoms with Crippen LogP contribution < -0.4 is 0 Å². The molecule has 1 aromatic carbocycles. The Labute approximate surface area is 240 Å². The van der Waals surface area contributed by atoms with Gasteiger partial charge in [0.1, 0.15) is 6.04 Å². The van der Waals surface area contributed by atoms with Gasteiger partial charge in [-0.2, -0.15) is 0 Å². The molecule has 208 valence electrons. The van der Waals surface area contributed by atoms with Crippen LogP contribution in [0.2, 0.25) is 10.0 Å². The van der Waals surface area contributed by atoms with Crippen LogP contribution in [0.5, 0.6) is 0 Å². The molecule has 2 aromatic heterocycles. The van der Waals surface area contributed by atoms with Crippen LogP contribution in [0.3, 0.4) is 0 Å². The van der Waals surface area contributed by atoms with Gasteiger partial charge in [0.05, 0.1) is 10.0 Å². The zero-order chi connectivity index (χ0) is 27.1.